The van der Waals surface area contributed by atoms with Crippen LogP contribution < -0.4 is 5.32 Å². The molecule has 0 radical (unpaired) electrons. The maximum absolute atomic E-state index is 12.5. The average molecular weight is 288 g/mol. The second kappa shape index (κ2) is 7.81. The van der Waals surface area contributed by atoms with Gasteiger partial charge in [-0.2, -0.15) is 0 Å². The number of rotatable bonds is 3. The summed E-state index contributed by atoms with van der Waals surface area (Å²) in [7, 11) is 0. The summed E-state index contributed by atoms with van der Waals surface area (Å²) < 4.78 is 0. The van der Waals surface area contributed by atoms with Crippen LogP contribution in [0.15, 0.2) is 24.3 Å². The summed E-state index contributed by atoms with van der Waals surface area (Å²) in [4.78, 5) is 25.4. The lowest BCUT2D eigenvalue weighted by molar-refractivity contribution is -0.119. The van der Waals surface area contributed by atoms with Crippen molar-refractivity contribution in [1.29, 1.82) is 0 Å². The first-order valence-corrected chi connectivity index (χ1v) is 7.79. The van der Waals surface area contributed by atoms with E-state index in [9.17, 15) is 9.59 Å². The molecule has 1 N–H and O–H groups in total. The Morgan fingerprint density at radius 3 is 2.14 bits per heavy atom. The number of likely N-dealkylation sites (tertiary alicyclic amines) is 1. The number of amides is 2. The van der Waals surface area contributed by atoms with Gasteiger partial charge in [0.15, 0.2) is 0 Å². The number of hydrogen-bond donors (Lipinski definition) is 1. The summed E-state index contributed by atoms with van der Waals surface area (Å²) in [5.74, 6) is 0.0822. The van der Waals surface area contributed by atoms with E-state index in [1.807, 2.05) is 29.2 Å². The zero-order chi connectivity index (χ0) is 15.1. The SMILES string of the molecule is CC(=O)NCc1ccc(C(=O)N2CCCCCCC2)cc1. The highest BCUT2D eigenvalue weighted by Gasteiger charge is 2.16. The van der Waals surface area contributed by atoms with E-state index in [0.29, 0.717) is 6.54 Å². The van der Waals surface area contributed by atoms with Gasteiger partial charge < -0.3 is 10.2 Å². The molecule has 0 saturated carbocycles. The summed E-state index contributed by atoms with van der Waals surface area (Å²) in [5, 5.41) is 2.75. The highest BCUT2D eigenvalue weighted by molar-refractivity contribution is 5.94. The lowest BCUT2D eigenvalue weighted by Gasteiger charge is -2.25. The van der Waals surface area contributed by atoms with E-state index in [2.05, 4.69) is 5.32 Å². The number of carbonyl (C=O) groups excluding carboxylic acids is 2. The van der Waals surface area contributed by atoms with Gasteiger partial charge in [0.2, 0.25) is 5.91 Å². The standard InChI is InChI=1S/C17H24N2O2/c1-14(20)18-13-15-7-9-16(10-8-15)17(21)19-11-5-3-2-4-6-12-19/h7-10H,2-6,11-13H2,1H3,(H,18,20). The second-order valence-electron chi connectivity index (χ2n) is 5.67. The molecular weight excluding hydrogens is 264 g/mol. The quantitative estimate of drug-likeness (QED) is 0.929. The minimum Gasteiger partial charge on any atom is -0.352 e. The van der Waals surface area contributed by atoms with Gasteiger partial charge in [-0.15, -0.1) is 0 Å². The third-order valence-electron chi connectivity index (χ3n) is 3.89. The second-order valence-corrected chi connectivity index (χ2v) is 5.67. The zero-order valence-corrected chi connectivity index (χ0v) is 12.7. The van der Waals surface area contributed by atoms with Crippen molar-refractivity contribution in [3.05, 3.63) is 35.4 Å². The third-order valence-corrected chi connectivity index (χ3v) is 3.89. The van der Waals surface area contributed by atoms with Crippen molar-refractivity contribution in [2.45, 2.75) is 45.6 Å². The van der Waals surface area contributed by atoms with Crippen molar-refractivity contribution in [3.63, 3.8) is 0 Å². The number of benzene rings is 1. The molecule has 0 bridgehead atoms. The molecule has 1 fully saturated rings. The van der Waals surface area contributed by atoms with E-state index >= 15 is 0 Å². The van der Waals surface area contributed by atoms with Crippen LogP contribution in [0.3, 0.4) is 0 Å². The van der Waals surface area contributed by atoms with Crippen molar-refractivity contribution in [2.24, 2.45) is 0 Å². The summed E-state index contributed by atoms with van der Waals surface area (Å²) in [5.41, 5.74) is 1.75. The van der Waals surface area contributed by atoms with Crippen molar-refractivity contribution >= 4 is 11.8 Å². The summed E-state index contributed by atoms with van der Waals surface area (Å²) in [6.45, 7) is 3.74. The summed E-state index contributed by atoms with van der Waals surface area (Å²) >= 11 is 0. The predicted molar refractivity (Wildman–Crippen MR) is 83.0 cm³/mol. The van der Waals surface area contributed by atoms with Crippen LogP contribution >= 0.6 is 0 Å². The van der Waals surface area contributed by atoms with Gasteiger partial charge in [0, 0.05) is 32.1 Å². The van der Waals surface area contributed by atoms with E-state index in [-0.39, 0.29) is 11.8 Å². The lowest BCUT2D eigenvalue weighted by atomic mass is 10.1. The molecular formula is C17H24N2O2. The molecule has 21 heavy (non-hydrogen) atoms. The molecule has 1 aromatic carbocycles. The topological polar surface area (TPSA) is 49.4 Å². The highest BCUT2D eigenvalue weighted by atomic mass is 16.2. The molecule has 1 saturated heterocycles. The smallest absolute Gasteiger partial charge is 0.253 e. The summed E-state index contributed by atoms with van der Waals surface area (Å²) in [6, 6.07) is 7.54. The molecule has 0 aromatic heterocycles. The first-order valence-electron chi connectivity index (χ1n) is 7.79. The van der Waals surface area contributed by atoms with E-state index in [4.69, 9.17) is 0 Å². The molecule has 0 aliphatic carbocycles. The van der Waals surface area contributed by atoms with E-state index in [0.717, 1.165) is 37.1 Å². The Hall–Kier alpha value is -1.84. The van der Waals surface area contributed by atoms with Gasteiger partial charge in [-0.25, -0.2) is 0 Å². The van der Waals surface area contributed by atoms with Crippen LogP contribution in [0.25, 0.3) is 0 Å². The fourth-order valence-electron chi connectivity index (χ4n) is 2.62. The zero-order valence-electron chi connectivity index (χ0n) is 12.7. The predicted octanol–water partition coefficient (Wildman–Crippen LogP) is 2.73. The van der Waals surface area contributed by atoms with Gasteiger partial charge in [0.25, 0.3) is 5.91 Å². The van der Waals surface area contributed by atoms with E-state index in [1.165, 1.54) is 26.2 Å². The molecule has 1 aliphatic rings. The summed E-state index contributed by atoms with van der Waals surface area (Å²) in [6.07, 6.45) is 5.94. The van der Waals surface area contributed by atoms with Crippen molar-refractivity contribution < 1.29 is 9.59 Å². The maximum atomic E-state index is 12.5. The van der Waals surface area contributed by atoms with Crippen LogP contribution in [0.5, 0.6) is 0 Å². The van der Waals surface area contributed by atoms with Crippen molar-refractivity contribution in [2.75, 3.05) is 13.1 Å². The molecule has 1 aliphatic heterocycles. The molecule has 0 spiro atoms. The molecule has 1 heterocycles. The minimum atomic E-state index is -0.0456. The largest absolute Gasteiger partial charge is 0.352 e. The van der Waals surface area contributed by atoms with Gasteiger partial charge in [-0.1, -0.05) is 31.4 Å². The fraction of sp³-hybridized carbons (Fsp3) is 0.529. The maximum Gasteiger partial charge on any atom is 0.253 e. The molecule has 2 amide bonds. The third kappa shape index (κ3) is 4.88. The first kappa shape index (κ1) is 15.5. The van der Waals surface area contributed by atoms with Gasteiger partial charge in [-0.05, 0) is 30.5 Å². The van der Waals surface area contributed by atoms with Crippen LogP contribution in [0.1, 0.15) is 54.9 Å². The molecule has 2 rings (SSSR count). The average Bonchev–Trinajstić information content (AvgIpc) is 2.45. The molecule has 4 nitrogen and oxygen atoms in total. The van der Waals surface area contributed by atoms with Crippen LogP contribution in [-0.2, 0) is 11.3 Å². The Bertz CT molecular complexity index is 474. The van der Waals surface area contributed by atoms with E-state index in [1.54, 1.807) is 0 Å². The van der Waals surface area contributed by atoms with Crippen LogP contribution in [0.2, 0.25) is 0 Å². The molecule has 4 heteroatoms. The molecule has 0 unspecified atom stereocenters. The number of nitrogens with one attached hydrogen (secondary N) is 1. The van der Waals surface area contributed by atoms with Crippen LogP contribution in [0.4, 0.5) is 0 Å². The lowest BCUT2D eigenvalue weighted by Crippen LogP contribution is -2.33. The van der Waals surface area contributed by atoms with E-state index < -0.39 is 0 Å². The van der Waals surface area contributed by atoms with Gasteiger partial charge in [0.1, 0.15) is 0 Å². The molecule has 0 atom stereocenters. The minimum absolute atomic E-state index is 0.0456. The Morgan fingerprint density at radius 2 is 1.57 bits per heavy atom. The highest BCUT2D eigenvalue weighted by Crippen LogP contribution is 2.14. The van der Waals surface area contributed by atoms with Crippen molar-refractivity contribution in [1.82, 2.24) is 10.2 Å². The number of carbonyl (C=O) groups is 2. The Labute approximate surface area is 126 Å². The Kier molecular flexibility index (Phi) is 5.78. The molecule has 1 aromatic rings. The normalized spacial score (nSPS) is 16.0. The van der Waals surface area contributed by atoms with Gasteiger partial charge >= 0.3 is 0 Å². The van der Waals surface area contributed by atoms with Crippen LogP contribution in [-0.4, -0.2) is 29.8 Å². The number of nitrogens with zero attached hydrogens (tertiary/aromatic N) is 1. The van der Waals surface area contributed by atoms with Gasteiger partial charge in [-0.3, -0.25) is 9.59 Å². The Morgan fingerprint density at radius 1 is 1.00 bits per heavy atom. The monoisotopic (exact) mass is 288 g/mol. The first-order chi connectivity index (χ1) is 10.2. The number of hydrogen-bond acceptors (Lipinski definition) is 2. The fourth-order valence-corrected chi connectivity index (χ4v) is 2.62. The van der Waals surface area contributed by atoms with Gasteiger partial charge in [0.05, 0.1) is 0 Å². The molecule has 114 valence electrons. The van der Waals surface area contributed by atoms with Crippen LogP contribution in [0, 0.1) is 0 Å². The Balaban J connectivity index is 1.96. The van der Waals surface area contributed by atoms with Crippen molar-refractivity contribution in [3.8, 4) is 0 Å².